The maximum Gasteiger partial charge on any atom is 0.252 e. The molecule has 3 rings (SSSR count). The van der Waals surface area contributed by atoms with Crippen LogP contribution in [0.15, 0.2) is 42.5 Å². The number of piperidine rings is 1. The molecule has 1 saturated heterocycles. The molecule has 1 fully saturated rings. The van der Waals surface area contributed by atoms with Crippen molar-refractivity contribution in [3.05, 3.63) is 63.6 Å². The molecule has 3 N–H and O–H groups in total. The summed E-state index contributed by atoms with van der Waals surface area (Å²) in [6.07, 6.45) is 2.11. The van der Waals surface area contributed by atoms with E-state index < -0.39 is 11.5 Å². The Bertz CT molecular complexity index is 918. The van der Waals surface area contributed by atoms with E-state index in [0.717, 1.165) is 31.6 Å². The number of likely N-dealkylation sites (tertiary alicyclic amines) is 1. The van der Waals surface area contributed by atoms with Gasteiger partial charge in [-0.2, -0.15) is 0 Å². The van der Waals surface area contributed by atoms with E-state index in [4.69, 9.17) is 33.7 Å². The lowest BCUT2D eigenvalue weighted by Crippen LogP contribution is -2.58. The number of aliphatic hydroxyl groups is 1. The van der Waals surface area contributed by atoms with Crippen molar-refractivity contribution >= 4 is 29.1 Å². The number of benzene rings is 2. The molecule has 31 heavy (non-hydrogen) atoms. The molecule has 0 bridgehead atoms. The molecule has 1 atom stereocenters. The van der Waals surface area contributed by atoms with Crippen molar-refractivity contribution in [2.45, 2.75) is 38.7 Å². The van der Waals surface area contributed by atoms with Crippen molar-refractivity contribution in [3.8, 4) is 5.75 Å². The average Bonchev–Trinajstić information content (AvgIpc) is 2.70. The maximum atomic E-state index is 11.6. The minimum absolute atomic E-state index is 0.263. The molecule has 5 nitrogen and oxygen atoms in total. The van der Waals surface area contributed by atoms with E-state index in [9.17, 15) is 9.90 Å². The van der Waals surface area contributed by atoms with Gasteiger partial charge in [0.1, 0.15) is 5.75 Å². The van der Waals surface area contributed by atoms with Gasteiger partial charge < -0.3 is 20.5 Å². The molecule has 1 aliphatic rings. The predicted molar refractivity (Wildman–Crippen MR) is 125 cm³/mol. The van der Waals surface area contributed by atoms with Gasteiger partial charge in [-0.1, -0.05) is 49.2 Å². The second kappa shape index (κ2) is 9.78. The average molecular weight is 465 g/mol. The first-order valence-electron chi connectivity index (χ1n) is 10.5. The van der Waals surface area contributed by atoms with Crippen LogP contribution < -0.4 is 10.5 Å². The molecule has 7 heteroatoms. The van der Waals surface area contributed by atoms with Crippen LogP contribution in [0.5, 0.6) is 5.75 Å². The highest BCUT2D eigenvalue weighted by atomic mass is 35.5. The molecule has 0 aromatic heterocycles. The first-order valence-corrected chi connectivity index (χ1v) is 11.3. The summed E-state index contributed by atoms with van der Waals surface area (Å²) in [7, 11) is 0. The zero-order valence-electron chi connectivity index (χ0n) is 18.0. The van der Waals surface area contributed by atoms with E-state index in [1.807, 2.05) is 24.3 Å². The van der Waals surface area contributed by atoms with E-state index >= 15 is 0 Å². The third kappa shape index (κ3) is 5.92. The number of nitrogens with zero attached hydrogens (tertiary/aromatic N) is 1. The molecule has 2 aromatic rings. The Morgan fingerprint density at radius 1 is 1.16 bits per heavy atom. The summed E-state index contributed by atoms with van der Waals surface area (Å²) in [6, 6.07) is 12.6. The van der Waals surface area contributed by atoms with Gasteiger partial charge in [0.05, 0.1) is 17.8 Å². The minimum Gasteiger partial charge on any atom is -0.493 e. The van der Waals surface area contributed by atoms with Crippen LogP contribution in [0.2, 0.25) is 10.0 Å². The molecular formula is C24H30Cl2N2O3. The Labute approximate surface area is 194 Å². The zero-order chi connectivity index (χ0) is 22.6. The monoisotopic (exact) mass is 464 g/mol. The van der Waals surface area contributed by atoms with Crippen LogP contribution >= 0.6 is 23.2 Å². The van der Waals surface area contributed by atoms with Crippen LogP contribution in [-0.4, -0.2) is 47.8 Å². The Kier molecular flexibility index (Phi) is 7.53. The largest absolute Gasteiger partial charge is 0.493 e. The summed E-state index contributed by atoms with van der Waals surface area (Å²) < 4.78 is 5.78. The highest BCUT2D eigenvalue weighted by Crippen LogP contribution is 2.41. The fraction of sp³-hybridized carbons (Fsp3) is 0.458. The van der Waals surface area contributed by atoms with E-state index in [1.54, 1.807) is 12.1 Å². The van der Waals surface area contributed by atoms with Crippen molar-refractivity contribution in [1.82, 2.24) is 4.90 Å². The number of carbonyl (C=O) groups excluding carboxylic acids is 1. The molecule has 0 radical (unpaired) electrons. The summed E-state index contributed by atoms with van der Waals surface area (Å²) in [4.78, 5) is 13.9. The fourth-order valence-electron chi connectivity index (χ4n) is 4.22. The first kappa shape index (κ1) is 23.9. The lowest BCUT2D eigenvalue weighted by molar-refractivity contribution is -0.118. The third-order valence-corrected chi connectivity index (χ3v) is 6.70. The number of hydrogen-bond acceptors (Lipinski definition) is 4. The number of carbonyl (C=O) groups is 1. The molecule has 1 aliphatic heterocycles. The molecule has 0 spiro atoms. The Balaban J connectivity index is 1.51. The van der Waals surface area contributed by atoms with Crippen molar-refractivity contribution < 1.29 is 14.6 Å². The van der Waals surface area contributed by atoms with Gasteiger partial charge in [0.2, 0.25) is 0 Å². The van der Waals surface area contributed by atoms with Crippen molar-refractivity contribution in [3.63, 3.8) is 0 Å². The smallest absolute Gasteiger partial charge is 0.252 e. The van der Waals surface area contributed by atoms with E-state index in [-0.39, 0.29) is 5.41 Å². The Morgan fingerprint density at radius 3 is 2.48 bits per heavy atom. The summed E-state index contributed by atoms with van der Waals surface area (Å²) >= 11 is 11.9. The van der Waals surface area contributed by atoms with Crippen molar-refractivity contribution in [2.24, 2.45) is 11.1 Å². The predicted octanol–water partition coefficient (Wildman–Crippen LogP) is 4.57. The Morgan fingerprint density at radius 2 is 1.84 bits per heavy atom. The van der Waals surface area contributed by atoms with Crippen LogP contribution in [0, 0.1) is 5.41 Å². The Hall–Kier alpha value is -1.79. The summed E-state index contributed by atoms with van der Waals surface area (Å²) in [5.41, 5.74) is 5.76. The molecule has 1 unspecified atom stereocenters. The van der Waals surface area contributed by atoms with Gasteiger partial charge in [-0.3, -0.25) is 4.79 Å². The number of amides is 1. The molecule has 0 saturated carbocycles. The van der Waals surface area contributed by atoms with E-state index in [2.05, 4.69) is 18.7 Å². The van der Waals surface area contributed by atoms with Gasteiger partial charge in [-0.15, -0.1) is 0 Å². The second-order valence-electron chi connectivity index (χ2n) is 8.95. The highest BCUT2D eigenvalue weighted by molar-refractivity contribution is 6.31. The molecule has 2 aromatic carbocycles. The molecule has 1 heterocycles. The third-order valence-electron chi connectivity index (χ3n) is 6.21. The van der Waals surface area contributed by atoms with Gasteiger partial charge in [0.15, 0.2) is 0 Å². The summed E-state index contributed by atoms with van der Waals surface area (Å²) in [5, 5.41) is 12.6. The highest BCUT2D eigenvalue weighted by Gasteiger charge is 2.47. The number of hydrogen-bond donors (Lipinski definition) is 2. The lowest BCUT2D eigenvalue weighted by Gasteiger charge is -2.50. The van der Waals surface area contributed by atoms with Crippen LogP contribution in [-0.2, 0) is 6.42 Å². The number of ether oxygens (including phenoxy) is 1. The van der Waals surface area contributed by atoms with Crippen molar-refractivity contribution in [1.29, 1.82) is 0 Å². The van der Waals surface area contributed by atoms with Crippen LogP contribution in [0.25, 0.3) is 0 Å². The van der Waals surface area contributed by atoms with Crippen LogP contribution in [0.3, 0.4) is 0 Å². The molecule has 0 aliphatic carbocycles. The van der Waals surface area contributed by atoms with E-state index in [1.165, 1.54) is 6.07 Å². The summed E-state index contributed by atoms with van der Waals surface area (Å²) in [6.45, 7) is 7.18. The minimum atomic E-state index is -0.770. The van der Waals surface area contributed by atoms with Crippen LogP contribution in [0.1, 0.15) is 42.6 Å². The van der Waals surface area contributed by atoms with Gasteiger partial charge >= 0.3 is 0 Å². The van der Waals surface area contributed by atoms with Gasteiger partial charge in [0, 0.05) is 41.5 Å². The quantitative estimate of drug-likeness (QED) is 0.561. The molecule has 168 valence electrons. The number of primary amides is 1. The number of halogens is 2. The number of rotatable bonds is 8. The van der Waals surface area contributed by atoms with Crippen molar-refractivity contribution in [2.75, 3.05) is 26.2 Å². The second-order valence-corrected chi connectivity index (χ2v) is 9.82. The lowest BCUT2D eigenvalue weighted by atomic mass is 9.67. The molecular weight excluding hydrogens is 435 g/mol. The van der Waals surface area contributed by atoms with Gasteiger partial charge in [-0.25, -0.2) is 0 Å². The topological polar surface area (TPSA) is 75.8 Å². The SMILES string of the molecule is CC1(C)CN(CCCOc2ccc(Cl)cc2C(N)=O)CCC1(O)Cc1ccc(Cl)cc1. The fourth-order valence-corrected chi connectivity index (χ4v) is 4.51. The zero-order valence-corrected chi connectivity index (χ0v) is 19.5. The molecule has 1 amide bonds. The summed E-state index contributed by atoms with van der Waals surface area (Å²) in [5.74, 6) is -0.108. The van der Waals surface area contributed by atoms with Gasteiger partial charge in [-0.05, 0) is 48.7 Å². The van der Waals surface area contributed by atoms with E-state index in [0.29, 0.717) is 40.8 Å². The number of nitrogens with two attached hydrogens (primary N) is 1. The normalized spacial score (nSPS) is 21.1. The standard InChI is InChI=1S/C24H30Cl2N2O3/c1-23(2)16-28(12-10-24(23,30)15-17-4-6-18(25)7-5-17)11-3-13-31-21-9-8-19(26)14-20(21)22(27)29/h4-9,14,30H,3,10-13,15-16H2,1-2H3,(H2,27,29). The van der Waals surface area contributed by atoms with Gasteiger partial charge in [0.25, 0.3) is 5.91 Å². The maximum absolute atomic E-state index is 11.6. The van der Waals surface area contributed by atoms with Crippen LogP contribution in [0.4, 0.5) is 0 Å². The first-order chi connectivity index (χ1) is 14.6.